The van der Waals surface area contributed by atoms with E-state index in [4.69, 9.17) is 4.74 Å². The molecule has 23 heavy (non-hydrogen) atoms. The van der Waals surface area contributed by atoms with Gasteiger partial charge in [-0.1, -0.05) is 12.1 Å². The molecule has 2 rings (SSSR count). The first-order valence-corrected chi connectivity index (χ1v) is 8.49. The summed E-state index contributed by atoms with van der Waals surface area (Å²) in [6, 6.07) is 10.7. The zero-order chi connectivity index (χ0) is 17.0. The van der Waals surface area contributed by atoms with Gasteiger partial charge in [-0.3, -0.25) is 0 Å². The molecule has 124 valence electrons. The van der Waals surface area contributed by atoms with Crippen LogP contribution < -0.4 is 14.8 Å². The fraction of sp³-hybridized carbons (Fsp3) is 0.250. The number of sulfonamides is 1. The van der Waals surface area contributed by atoms with Crippen molar-refractivity contribution in [3.05, 3.63) is 53.8 Å². The van der Waals surface area contributed by atoms with E-state index in [1.54, 1.807) is 30.3 Å². The normalized spacial score (nSPS) is 12.7. The maximum atomic E-state index is 13.2. The highest BCUT2D eigenvalue weighted by atomic mass is 32.2. The lowest BCUT2D eigenvalue weighted by molar-refractivity contribution is 0.412. The van der Waals surface area contributed by atoms with Gasteiger partial charge in [0.2, 0.25) is 10.0 Å². The van der Waals surface area contributed by atoms with E-state index in [1.807, 2.05) is 6.92 Å². The second-order valence-electron chi connectivity index (χ2n) is 4.99. The van der Waals surface area contributed by atoms with Crippen LogP contribution >= 0.6 is 0 Å². The molecule has 0 aliphatic carbocycles. The maximum Gasteiger partial charge on any atom is 0.240 e. The average Bonchev–Trinajstić information content (AvgIpc) is 2.56. The van der Waals surface area contributed by atoms with Gasteiger partial charge in [0.1, 0.15) is 11.6 Å². The first kappa shape index (κ1) is 17.2. The molecule has 0 heterocycles. The molecule has 2 N–H and O–H groups in total. The van der Waals surface area contributed by atoms with E-state index in [2.05, 4.69) is 10.0 Å². The van der Waals surface area contributed by atoms with Crippen molar-refractivity contribution in [2.45, 2.75) is 17.9 Å². The average molecular weight is 338 g/mol. The van der Waals surface area contributed by atoms with E-state index >= 15 is 0 Å². The van der Waals surface area contributed by atoms with Crippen molar-refractivity contribution in [2.75, 3.05) is 19.5 Å². The zero-order valence-electron chi connectivity index (χ0n) is 13.1. The minimum atomic E-state index is -3.45. The van der Waals surface area contributed by atoms with E-state index in [9.17, 15) is 12.8 Å². The number of hydrogen-bond acceptors (Lipinski definition) is 4. The van der Waals surface area contributed by atoms with Gasteiger partial charge in [0, 0.05) is 12.1 Å². The Morgan fingerprint density at radius 1 is 1.13 bits per heavy atom. The molecule has 2 aromatic carbocycles. The van der Waals surface area contributed by atoms with E-state index in [0.29, 0.717) is 11.4 Å². The molecule has 5 nitrogen and oxygen atoms in total. The Balaban J connectivity index is 2.20. The molecule has 0 radical (unpaired) electrons. The van der Waals surface area contributed by atoms with Crippen LogP contribution in [-0.4, -0.2) is 22.6 Å². The molecule has 0 spiro atoms. The van der Waals surface area contributed by atoms with Crippen LogP contribution in [0.1, 0.15) is 18.5 Å². The van der Waals surface area contributed by atoms with Gasteiger partial charge >= 0.3 is 0 Å². The molecule has 0 amide bonds. The standard InChI is InChI=1S/C16H19FN2O3S/c1-11(19-15-9-6-13(17)10-16(15)22-3)12-4-7-14(8-5-12)23(20,21)18-2/h4-11,18-19H,1-3H3/t11-/m1/s1. The zero-order valence-corrected chi connectivity index (χ0v) is 13.9. The number of rotatable bonds is 6. The summed E-state index contributed by atoms with van der Waals surface area (Å²) in [5.74, 6) is 0.0351. The number of halogens is 1. The van der Waals surface area contributed by atoms with Gasteiger partial charge in [0.05, 0.1) is 17.7 Å². The van der Waals surface area contributed by atoms with Gasteiger partial charge in [-0.05, 0) is 43.8 Å². The van der Waals surface area contributed by atoms with Gasteiger partial charge < -0.3 is 10.1 Å². The quantitative estimate of drug-likeness (QED) is 0.850. The Morgan fingerprint density at radius 2 is 1.78 bits per heavy atom. The van der Waals surface area contributed by atoms with Crippen molar-refractivity contribution < 1.29 is 17.5 Å². The second kappa shape index (κ2) is 6.97. The molecule has 7 heteroatoms. The summed E-state index contributed by atoms with van der Waals surface area (Å²) in [6.45, 7) is 1.92. The highest BCUT2D eigenvalue weighted by molar-refractivity contribution is 7.89. The molecule has 0 aromatic heterocycles. The number of nitrogens with one attached hydrogen (secondary N) is 2. The first-order chi connectivity index (χ1) is 10.9. The second-order valence-corrected chi connectivity index (χ2v) is 6.87. The summed E-state index contributed by atoms with van der Waals surface area (Å²) in [7, 11) is -0.604. The van der Waals surface area contributed by atoms with Gasteiger partial charge in [0.25, 0.3) is 0 Å². The van der Waals surface area contributed by atoms with Crippen molar-refractivity contribution in [1.29, 1.82) is 0 Å². The van der Waals surface area contributed by atoms with Gasteiger partial charge in [0.15, 0.2) is 0 Å². The monoisotopic (exact) mass is 338 g/mol. The smallest absolute Gasteiger partial charge is 0.240 e. The molecule has 0 aliphatic rings. The largest absolute Gasteiger partial charge is 0.494 e. The third-order valence-corrected chi connectivity index (χ3v) is 4.92. The van der Waals surface area contributed by atoms with E-state index in [-0.39, 0.29) is 16.8 Å². The van der Waals surface area contributed by atoms with Gasteiger partial charge in [-0.25, -0.2) is 17.5 Å². The Labute approximate surface area is 135 Å². The minimum Gasteiger partial charge on any atom is -0.494 e. The van der Waals surface area contributed by atoms with Crippen molar-refractivity contribution in [1.82, 2.24) is 4.72 Å². The van der Waals surface area contributed by atoms with Crippen LogP contribution in [-0.2, 0) is 10.0 Å². The lowest BCUT2D eigenvalue weighted by Crippen LogP contribution is -2.18. The lowest BCUT2D eigenvalue weighted by atomic mass is 10.1. The molecule has 0 unspecified atom stereocenters. The van der Waals surface area contributed by atoms with Crippen LogP contribution in [0.4, 0.5) is 10.1 Å². The number of anilines is 1. The van der Waals surface area contributed by atoms with Crippen molar-refractivity contribution in [3.63, 3.8) is 0 Å². The molecule has 0 saturated carbocycles. The number of hydrogen-bond donors (Lipinski definition) is 2. The summed E-state index contributed by atoms with van der Waals surface area (Å²) < 4.78 is 44.1. The highest BCUT2D eigenvalue weighted by Crippen LogP contribution is 2.29. The summed E-state index contributed by atoms with van der Waals surface area (Å²) in [4.78, 5) is 0.204. The Bertz CT molecular complexity index is 776. The third-order valence-electron chi connectivity index (χ3n) is 3.49. The summed E-state index contributed by atoms with van der Waals surface area (Å²) in [5, 5.41) is 3.22. The van der Waals surface area contributed by atoms with Crippen LogP contribution in [0.15, 0.2) is 47.4 Å². The lowest BCUT2D eigenvalue weighted by Gasteiger charge is -2.18. The van der Waals surface area contributed by atoms with E-state index in [0.717, 1.165) is 5.56 Å². The molecule has 0 bridgehead atoms. The van der Waals surface area contributed by atoms with Crippen molar-refractivity contribution in [3.8, 4) is 5.75 Å². The topological polar surface area (TPSA) is 67.4 Å². The third kappa shape index (κ3) is 4.00. The minimum absolute atomic E-state index is 0.110. The predicted octanol–water partition coefficient (Wildman–Crippen LogP) is 2.92. The highest BCUT2D eigenvalue weighted by Gasteiger charge is 2.13. The molecule has 0 aliphatic heterocycles. The Hall–Kier alpha value is -2.12. The Kier molecular flexibility index (Phi) is 5.23. The molecule has 0 fully saturated rings. The number of methoxy groups -OCH3 is 1. The van der Waals surface area contributed by atoms with E-state index in [1.165, 1.54) is 26.3 Å². The predicted molar refractivity (Wildman–Crippen MR) is 87.7 cm³/mol. The summed E-state index contributed by atoms with van der Waals surface area (Å²) >= 11 is 0. The van der Waals surface area contributed by atoms with Gasteiger partial charge in [-0.15, -0.1) is 0 Å². The molecule has 2 aromatic rings. The molecule has 1 atom stereocenters. The van der Waals surface area contributed by atoms with Crippen LogP contribution in [0.3, 0.4) is 0 Å². The van der Waals surface area contributed by atoms with Crippen molar-refractivity contribution >= 4 is 15.7 Å². The number of benzene rings is 2. The van der Waals surface area contributed by atoms with Crippen LogP contribution in [0.5, 0.6) is 5.75 Å². The van der Waals surface area contributed by atoms with Crippen molar-refractivity contribution in [2.24, 2.45) is 0 Å². The molecular weight excluding hydrogens is 319 g/mol. The molecular formula is C16H19FN2O3S. The number of ether oxygens (including phenoxy) is 1. The molecule has 0 saturated heterocycles. The SMILES string of the molecule is CNS(=O)(=O)c1ccc([C@@H](C)Nc2ccc(F)cc2OC)cc1. The van der Waals surface area contributed by atoms with Crippen LogP contribution in [0.25, 0.3) is 0 Å². The maximum absolute atomic E-state index is 13.2. The summed E-state index contributed by atoms with van der Waals surface area (Å²) in [6.07, 6.45) is 0. The Morgan fingerprint density at radius 3 is 2.35 bits per heavy atom. The fourth-order valence-corrected chi connectivity index (χ4v) is 2.88. The van der Waals surface area contributed by atoms with E-state index < -0.39 is 10.0 Å². The van der Waals surface area contributed by atoms with Crippen LogP contribution in [0.2, 0.25) is 0 Å². The first-order valence-electron chi connectivity index (χ1n) is 7.01. The fourth-order valence-electron chi connectivity index (χ4n) is 2.15. The van der Waals surface area contributed by atoms with Crippen LogP contribution in [0, 0.1) is 5.82 Å². The van der Waals surface area contributed by atoms with Gasteiger partial charge in [-0.2, -0.15) is 0 Å². The summed E-state index contributed by atoms with van der Waals surface area (Å²) in [5.41, 5.74) is 1.56.